The van der Waals surface area contributed by atoms with E-state index < -0.39 is 0 Å². The number of rotatable bonds is 7. The quantitative estimate of drug-likeness (QED) is 0.775. The minimum absolute atomic E-state index is 0.0239. The zero-order valence-electron chi connectivity index (χ0n) is 15.4. The fraction of sp³-hybridized carbons (Fsp3) is 0.500. The third-order valence-corrected chi connectivity index (χ3v) is 4.95. The molecule has 0 bridgehead atoms. The first-order valence-electron chi connectivity index (χ1n) is 9.36. The number of aryl methyl sites for hydroxylation is 1. The van der Waals surface area contributed by atoms with Gasteiger partial charge in [-0.25, -0.2) is 4.79 Å². The van der Waals surface area contributed by atoms with E-state index in [-0.39, 0.29) is 12.1 Å². The minimum Gasteiger partial charge on any atom is -0.469 e. The zero-order valence-corrected chi connectivity index (χ0v) is 15.4. The van der Waals surface area contributed by atoms with Crippen LogP contribution in [-0.4, -0.2) is 53.5 Å². The van der Waals surface area contributed by atoms with Crippen molar-refractivity contribution < 1.29 is 9.21 Å². The van der Waals surface area contributed by atoms with Gasteiger partial charge >= 0.3 is 6.03 Å². The lowest BCUT2D eigenvalue weighted by Gasteiger charge is -2.37. The number of hydrogen-bond acceptors (Lipinski definition) is 4. The van der Waals surface area contributed by atoms with Crippen LogP contribution in [0.3, 0.4) is 0 Å². The molecule has 0 aliphatic carbocycles. The number of pyridine rings is 1. The summed E-state index contributed by atoms with van der Waals surface area (Å²) < 4.78 is 5.34. The maximum atomic E-state index is 12.9. The fourth-order valence-corrected chi connectivity index (χ4v) is 3.37. The van der Waals surface area contributed by atoms with Crippen LogP contribution in [0.1, 0.15) is 30.6 Å². The Bertz CT molecular complexity index is 652. The van der Waals surface area contributed by atoms with Crippen LogP contribution in [0.15, 0.2) is 47.3 Å². The number of urea groups is 1. The summed E-state index contributed by atoms with van der Waals surface area (Å²) in [6, 6.07) is 8.12. The first kappa shape index (κ1) is 18.5. The molecule has 6 heteroatoms. The molecule has 1 saturated heterocycles. The summed E-state index contributed by atoms with van der Waals surface area (Å²) in [4.78, 5) is 21.2. The molecule has 1 aliphatic rings. The second-order valence-electron chi connectivity index (χ2n) is 6.93. The van der Waals surface area contributed by atoms with Crippen molar-refractivity contribution in [2.75, 3.05) is 26.7 Å². The number of nitrogens with one attached hydrogen (secondary N) is 1. The van der Waals surface area contributed by atoms with Gasteiger partial charge in [0.15, 0.2) is 0 Å². The average molecular weight is 356 g/mol. The van der Waals surface area contributed by atoms with Crippen molar-refractivity contribution >= 4 is 6.03 Å². The first-order valence-corrected chi connectivity index (χ1v) is 9.36. The van der Waals surface area contributed by atoms with Gasteiger partial charge in [0.2, 0.25) is 0 Å². The Balaban J connectivity index is 1.55. The van der Waals surface area contributed by atoms with Crippen molar-refractivity contribution in [1.29, 1.82) is 0 Å². The fourth-order valence-electron chi connectivity index (χ4n) is 3.37. The number of aromatic nitrogens is 1. The lowest BCUT2D eigenvalue weighted by atomic mass is 10.0. The third-order valence-electron chi connectivity index (χ3n) is 4.95. The van der Waals surface area contributed by atoms with E-state index in [1.54, 1.807) is 18.7 Å². The Morgan fingerprint density at radius 3 is 2.77 bits per heavy atom. The van der Waals surface area contributed by atoms with E-state index in [1.165, 1.54) is 0 Å². The van der Waals surface area contributed by atoms with Crippen molar-refractivity contribution in [3.05, 3.63) is 54.2 Å². The normalized spacial score (nSPS) is 15.7. The van der Waals surface area contributed by atoms with Crippen molar-refractivity contribution in [2.24, 2.45) is 0 Å². The monoisotopic (exact) mass is 356 g/mol. The Morgan fingerprint density at radius 1 is 1.31 bits per heavy atom. The lowest BCUT2D eigenvalue weighted by molar-refractivity contribution is 0.127. The molecule has 2 aromatic rings. The van der Waals surface area contributed by atoms with E-state index in [0.29, 0.717) is 13.1 Å². The van der Waals surface area contributed by atoms with E-state index in [1.807, 2.05) is 29.2 Å². The van der Waals surface area contributed by atoms with E-state index >= 15 is 0 Å². The second kappa shape index (κ2) is 9.38. The molecule has 1 fully saturated rings. The first-order chi connectivity index (χ1) is 12.7. The van der Waals surface area contributed by atoms with E-state index in [4.69, 9.17) is 4.42 Å². The summed E-state index contributed by atoms with van der Waals surface area (Å²) in [5.41, 5.74) is 1.12. The average Bonchev–Trinajstić information content (AvgIpc) is 3.18. The molecule has 0 radical (unpaired) electrons. The number of furan rings is 1. The Labute approximate surface area is 155 Å². The third kappa shape index (κ3) is 5.33. The molecular formula is C20H28N4O2. The molecule has 1 N–H and O–H groups in total. The molecule has 6 nitrogen and oxygen atoms in total. The molecule has 3 rings (SSSR count). The predicted octanol–water partition coefficient (Wildman–Crippen LogP) is 2.91. The predicted molar refractivity (Wildman–Crippen MR) is 101 cm³/mol. The van der Waals surface area contributed by atoms with Gasteiger partial charge in [0.1, 0.15) is 5.76 Å². The summed E-state index contributed by atoms with van der Waals surface area (Å²) in [7, 11) is 2.14. The maximum absolute atomic E-state index is 12.9. The Morgan fingerprint density at radius 2 is 2.08 bits per heavy atom. The van der Waals surface area contributed by atoms with Gasteiger partial charge in [0, 0.05) is 37.9 Å². The highest BCUT2D eigenvalue weighted by atomic mass is 16.3. The number of amides is 2. The van der Waals surface area contributed by atoms with E-state index in [2.05, 4.69) is 22.2 Å². The zero-order chi connectivity index (χ0) is 18.2. The molecule has 26 heavy (non-hydrogen) atoms. The molecule has 140 valence electrons. The molecular weight excluding hydrogens is 328 g/mol. The van der Waals surface area contributed by atoms with Gasteiger partial charge in [-0.05, 0) is 69.2 Å². The van der Waals surface area contributed by atoms with Gasteiger partial charge < -0.3 is 19.5 Å². The topological polar surface area (TPSA) is 61.6 Å². The van der Waals surface area contributed by atoms with Gasteiger partial charge in [-0.3, -0.25) is 4.98 Å². The van der Waals surface area contributed by atoms with Crippen LogP contribution in [-0.2, 0) is 13.0 Å². The molecule has 0 saturated carbocycles. The number of carbonyl (C=O) groups excluding carboxylic acids is 1. The minimum atomic E-state index is 0.0239. The smallest absolute Gasteiger partial charge is 0.317 e. The van der Waals surface area contributed by atoms with E-state index in [0.717, 1.165) is 50.1 Å². The van der Waals surface area contributed by atoms with Crippen LogP contribution in [0.2, 0.25) is 0 Å². The molecule has 3 heterocycles. The molecule has 2 amide bonds. The Hall–Kier alpha value is -2.34. The number of nitrogens with zero attached hydrogens (tertiary/aromatic N) is 3. The molecule has 0 aromatic carbocycles. The Kier molecular flexibility index (Phi) is 6.66. The van der Waals surface area contributed by atoms with Gasteiger partial charge in [0.25, 0.3) is 0 Å². The van der Waals surface area contributed by atoms with Crippen LogP contribution >= 0.6 is 0 Å². The largest absolute Gasteiger partial charge is 0.469 e. The second-order valence-corrected chi connectivity index (χ2v) is 6.93. The number of likely N-dealkylation sites (tertiary alicyclic amines) is 1. The number of hydrogen-bond donors (Lipinski definition) is 1. The lowest BCUT2D eigenvalue weighted by Crippen LogP contribution is -2.50. The summed E-state index contributed by atoms with van der Waals surface area (Å²) in [5, 5.41) is 3.09. The molecule has 0 atom stereocenters. The summed E-state index contributed by atoms with van der Waals surface area (Å²) in [6.45, 7) is 3.34. The van der Waals surface area contributed by atoms with Gasteiger partial charge in [-0.2, -0.15) is 0 Å². The van der Waals surface area contributed by atoms with Crippen LogP contribution in [0.4, 0.5) is 4.79 Å². The highest BCUT2D eigenvalue weighted by molar-refractivity contribution is 5.74. The number of carbonyl (C=O) groups is 1. The van der Waals surface area contributed by atoms with Crippen molar-refractivity contribution in [3.8, 4) is 0 Å². The molecule has 0 spiro atoms. The summed E-state index contributed by atoms with van der Waals surface area (Å²) >= 11 is 0. The molecule has 1 aliphatic heterocycles. The maximum Gasteiger partial charge on any atom is 0.317 e. The highest BCUT2D eigenvalue weighted by Gasteiger charge is 2.26. The molecule has 2 aromatic heterocycles. The number of piperidine rings is 1. The summed E-state index contributed by atoms with van der Waals surface area (Å²) in [5.74, 6) is 0.961. The van der Waals surface area contributed by atoms with Crippen molar-refractivity contribution in [2.45, 2.75) is 38.3 Å². The summed E-state index contributed by atoms with van der Waals surface area (Å²) in [6.07, 6.45) is 8.99. The SMILES string of the molecule is CN1CCC(N(Cc2ccncc2)C(=O)NCCCc2ccco2)CC1. The molecule has 0 unspecified atom stereocenters. The van der Waals surface area contributed by atoms with Gasteiger partial charge in [-0.15, -0.1) is 0 Å². The highest BCUT2D eigenvalue weighted by Crippen LogP contribution is 2.18. The van der Waals surface area contributed by atoms with Crippen molar-refractivity contribution in [3.63, 3.8) is 0 Å². The van der Waals surface area contributed by atoms with Crippen LogP contribution in [0.25, 0.3) is 0 Å². The van der Waals surface area contributed by atoms with Gasteiger partial charge in [0.05, 0.1) is 6.26 Å². The van der Waals surface area contributed by atoms with Crippen LogP contribution < -0.4 is 5.32 Å². The standard InChI is InChI=1S/C20H28N4O2/c1-23-13-8-18(9-14-23)24(16-17-6-11-21-12-7-17)20(25)22-10-2-4-19-5-3-15-26-19/h3,5-7,11-12,15,18H,2,4,8-10,13-14,16H2,1H3,(H,22,25). The van der Waals surface area contributed by atoms with Crippen LogP contribution in [0.5, 0.6) is 0 Å². The van der Waals surface area contributed by atoms with Crippen LogP contribution in [0, 0.1) is 0 Å². The van der Waals surface area contributed by atoms with Gasteiger partial charge in [-0.1, -0.05) is 0 Å². The van der Waals surface area contributed by atoms with E-state index in [9.17, 15) is 4.79 Å². The van der Waals surface area contributed by atoms with Crippen molar-refractivity contribution in [1.82, 2.24) is 20.1 Å².